The maximum atomic E-state index is 12.8. The van der Waals surface area contributed by atoms with Crippen LogP contribution >= 0.6 is 0 Å². The fourth-order valence-corrected chi connectivity index (χ4v) is 4.67. The predicted molar refractivity (Wildman–Crippen MR) is 90.4 cm³/mol. The molecule has 4 rings (SSSR count). The Morgan fingerprint density at radius 1 is 1.09 bits per heavy atom. The van der Waals surface area contributed by atoms with E-state index in [1.807, 2.05) is 6.20 Å². The number of nitrogens with zero attached hydrogens (tertiary/aromatic N) is 3. The van der Waals surface area contributed by atoms with Crippen molar-refractivity contribution in [3.63, 3.8) is 0 Å². The lowest BCUT2D eigenvalue weighted by atomic mass is 9.84. The number of hydrogen-bond donors (Lipinski definition) is 0. The molecule has 1 unspecified atom stereocenters. The highest BCUT2D eigenvalue weighted by Gasteiger charge is 2.35. The topological polar surface area (TPSA) is 38.1 Å². The van der Waals surface area contributed by atoms with Crippen LogP contribution in [0.1, 0.15) is 81.3 Å². The monoisotopic (exact) mass is 315 g/mol. The molecule has 0 aromatic carbocycles. The Bertz CT molecular complexity index is 569. The highest BCUT2D eigenvalue weighted by molar-refractivity contribution is 5.79. The fourth-order valence-electron chi connectivity index (χ4n) is 4.67. The van der Waals surface area contributed by atoms with Gasteiger partial charge in [0.05, 0.1) is 6.04 Å². The van der Waals surface area contributed by atoms with Crippen LogP contribution in [0.15, 0.2) is 6.20 Å². The molecule has 0 spiro atoms. The zero-order valence-electron chi connectivity index (χ0n) is 14.3. The van der Waals surface area contributed by atoms with Crippen molar-refractivity contribution in [1.29, 1.82) is 0 Å². The van der Waals surface area contributed by atoms with Crippen molar-refractivity contribution >= 4 is 5.91 Å². The highest BCUT2D eigenvalue weighted by Crippen LogP contribution is 2.38. The van der Waals surface area contributed by atoms with E-state index in [2.05, 4.69) is 16.4 Å². The Kier molecular flexibility index (Phi) is 4.16. The summed E-state index contributed by atoms with van der Waals surface area (Å²) in [4.78, 5) is 19.6. The molecule has 2 heterocycles. The van der Waals surface area contributed by atoms with Gasteiger partial charge in [0.15, 0.2) is 0 Å². The number of aryl methyl sites for hydroxylation is 1. The van der Waals surface area contributed by atoms with Crippen LogP contribution in [0, 0.1) is 12.8 Å². The van der Waals surface area contributed by atoms with E-state index in [0.717, 1.165) is 32.4 Å². The molecule has 0 N–H and O–H groups in total. The minimum absolute atomic E-state index is 0.303. The molecule has 4 nitrogen and oxygen atoms in total. The van der Waals surface area contributed by atoms with E-state index in [9.17, 15) is 4.79 Å². The van der Waals surface area contributed by atoms with Crippen molar-refractivity contribution < 1.29 is 4.79 Å². The summed E-state index contributed by atoms with van der Waals surface area (Å²) in [5.41, 5.74) is 1.27. The normalized spacial score (nSPS) is 26.5. The Balaban J connectivity index is 1.46. The first-order valence-electron chi connectivity index (χ1n) is 9.56. The van der Waals surface area contributed by atoms with Crippen LogP contribution in [0.5, 0.6) is 0 Å². The molecule has 0 bridgehead atoms. The third-order valence-electron chi connectivity index (χ3n) is 6.28. The number of hydrogen-bond acceptors (Lipinski definition) is 2. The number of aromatic nitrogens is 2. The number of likely N-dealkylation sites (tertiary alicyclic amines) is 1. The maximum absolute atomic E-state index is 12.8. The fraction of sp³-hybridized carbons (Fsp3) is 0.789. The summed E-state index contributed by atoms with van der Waals surface area (Å²) in [6, 6.07) is 0.445. The Hall–Kier alpha value is -1.32. The minimum atomic E-state index is 0.303. The largest absolute Gasteiger partial charge is 0.340 e. The van der Waals surface area contributed by atoms with Crippen LogP contribution in [0.2, 0.25) is 0 Å². The number of carbonyl (C=O) groups excluding carboxylic acids is 1. The molecule has 3 fully saturated rings. The molecule has 126 valence electrons. The van der Waals surface area contributed by atoms with E-state index in [1.165, 1.54) is 50.0 Å². The summed E-state index contributed by atoms with van der Waals surface area (Å²) in [6.45, 7) is 3.99. The Labute approximate surface area is 139 Å². The molecule has 1 aromatic heterocycles. The summed E-state index contributed by atoms with van der Waals surface area (Å²) in [6.07, 6.45) is 13.0. The molecule has 4 heteroatoms. The number of amides is 1. The van der Waals surface area contributed by atoms with Crippen molar-refractivity contribution in [2.45, 2.75) is 76.7 Å². The Morgan fingerprint density at radius 2 is 1.87 bits per heavy atom. The summed E-state index contributed by atoms with van der Waals surface area (Å²) < 4.78 is 2.46. The molecule has 23 heavy (non-hydrogen) atoms. The molecule has 1 atom stereocenters. The lowest BCUT2D eigenvalue weighted by molar-refractivity contribution is -0.135. The van der Waals surface area contributed by atoms with Gasteiger partial charge >= 0.3 is 0 Å². The number of imidazole rings is 1. The van der Waals surface area contributed by atoms with Crippen LogP contribution in [-0.2, 0) is 4.79 Å². The second-order valence-corrected chi connectivity index (χ2v) is 7.82. The molecule has 3 aliphatic rings. The van der Waals surface area contributed by atoms with Crippen molar-refractivity contribution in [2.24, 2.45) is 5.92 Å². The molecule has 1 saturated heterocycles. The first-order valence-corrected chi connectivity index (χ1v) is 9.56. The third kappa shape index (κ3) is 2.81. The molecule has 1 aliphatic heterocycles. The van der Waals surface area contributed by atoms with Gasteiger partial charge < -0.3 is 9.47 Å². The first kappa shape index (κ1) is 15.2. The zero-order valence-corrected chi connectivity index (χ0v) is 14.3. The smallest absolute Gasteiger partial charge is 0.225 e. The molecular weight excluding hydrogens is 286 g/mol. The maximum Gasteiger partial charge on any atom is 0.225 e. The molecule has 1 amide bonds. The van der Waals surface area contributed by atoms with Crippen molar-refractivity contribution in [3.05, 3.63) is 17.7 Å². The van der Waals surface area contributed by atoms with Crippen molar-refractivity contribution in [2.75, 3.05) is 13.1 Å². The van der Waals surface area contributed by atoms with E-state index in [0.29, 0.717) is 23.8 Å². The quantitative estimate of drug-likeness (QED) is 0.850. The van der Waals surface area contributed by atoms with E-state index in [-0.39, 0.29) is 0 Å². The lowest BCUT2D eigenvalue weighted by Gasteiger charge is -2.29. The summed E-state index contributed by atoms with van der Waals surface area (Å²) in [5, 5.41) is 0. The van der Waals surface area contributed by atoms with Crippen LogP contribution in [0.3, 0.4) is 0 Å². The van der Waals surface area contributed by atoms with Gasteiger partial charge in [0, 0.05) is 36.8 Å². The minimum Gasteiger partial charge on any atom is -0.340 e. The van der Waals surface area contributed by atoms with Crippen molar-refractivity contribution in [1.82, 2.24) is 14.5 Å². The van der Waals surface area contributed by atoms with Crippen LogP contribution < -0.4 is 0 Å². The molecule has 1 aromatic rings. The molecule has 0 radical (unpaired) electrons. The van der Waals surface area contributed by atoms with Gasteiger partial charge in [0.1, 0.15) is 5.82 Å². The van der Waals surface area contributed by atoms with E-state index < -0.39 is 0 Å². The van der Waals surface area contributed by atoms with Crippen LogP contribution in [0.4, 0.5) is 0 Å². The zero-order chi connectivity index (χ0) is 15.8. The van der Waals surface area contributed by atoms with Gasteiger partial charge in [-0.2, -0.15) is 0 Å². The molecule has 2 saturated carbocycles. The van der Waals surface area contributed by atoms with Gasteiger partial charge in [0.25, 0.3) is 0 Å². The van der Waals surface area contributed by atoms with E-state index in [1.54, 1.807) is 0 Å². The van der Waals surface area contributed by atoms with Crippen molar-refractivity contribution in [3.8, 4) is 0 Å². The predicted octanol–water partition coefficient (Wildman–Crippen LogP) is 3.81. The van der Waals surface area contributed by atoms with Gasteiger partial charge in [-0.3, -0.25) is 4.79 Å². The third-order valence-corrected chi connectivity index (χ3v) is 6.28. The van der Waals surface area contributed by atoms with Crippen LogP contribution in [-0.4, -0.2) is 33.4 Å². The SMILES string of the molecule is Cc1cnc(C2CCC2)n1C1CCN(C(=O)C2CCCCC2)C1. The number of carbonyl (C=O) groups is 1. The second-order valence-electron chi connectivity index (χ2n) is 7.82. The standard InChI is InChI=1S/C19H29N3O/c1-14-12-20-18(15-8-5-9-15)22(14)17-10-11-21(13-17)19(23)16-6-3-2-4-7-16/h12,15-17H,2-11,13H2,1H3. The number of rotatable bonds is 3. The van der Waals surface area contributed by atoms with Gasteiger partial charge in [-0.1, -0.05) is 25.7 Å². The first-order chi connectivity index (χ1) is 11.2. The summed E-state index contributed by atoms with van der Waals surface area (Å²) in [7, 11) is 0. The second kappa shape index (κ2) is 6.29. The molecular formula is C19H29N3O. The van der Waals surface area contributed by atoms with Crippen LogP contribution in [0.25, 0.3) is 0 Å². The average Bonchev–Trinajstić information content (AvgIpc) is 3.13. The van der Waals surface area contributed by atoms with Gasteiger partial charge in [-0.15, -0.1) is 0 Å². The van der Waals surface area contributed by atoms with E-state index >= 15 is 0 Å². The van der Waals surface area contributed by atoms with Gasteiger partial charge in [-0.05, 0) is 39.0 Å². The lowest BCUT2D eigenvalue weighted by Crippen LogP contribution is -2.35. The summed E-state index contributed by atoms with van der Waals surface area (Å²) in [5.74, 6) is 2.67. The Morgan fingerprint density at radius 3 is 2.57 bits per heavy atom. The summed E-state index contributed by atoms with van der Waals surface area (Å²) >= 11 is 0. The molecule has 2 aliphatic carbocycles. The van der Waals surface area contributed by atoms with Gasteiger partial charge in [-0.25, -0.2) is 4.98 Å². The van der Waals surface area contributed by atoms with Gasteiger partial charge in [0.2, 0.25) is 5.91 Å². The van der Waals surface area contributed by atoms with E-state index in [4.69, 9.17) is 4.98 Å². The highest BCUT2D eigenvalue weighted by atomic mass is 16.2. The average molecular weight is 315 g/mol.